The van der Waals surface area contributed by atoms with Crippen molar-refractivity contribution in [1.82, 2.24) is 19.9 Å². The summed E-state index contributed by atoms with van der Waals surface area (Å²) < 4.78 is 1.30. The minimum Gasteiger partial charge on any atom is -0.355 e. The average molecular weight is 260 g/mol. The topological polar surface area (TPSA) is 76.9 Å². The Morgan fingerprint density at radius 3 is 3.05 bits per heavy atom. The Morgan fingerprint density at radius 2 is 2.26 bits per heavy atom. The molecule has 1 N–H and O–H groups in total. The Bertz CT molecular complexity index is 636. The van der Waals surface area contributed by atoms with Gasteiger partial charge in [0.25, 0.3) is 5.56 Å². The van der Waals surface area contributed by atoms with E-state index in [0.29, 0.717) is 17.6 Å². The third-order valence-electron chi connectivity index (χ3n) is 2.76. The van der Waals surface area contributed by atoms with Gasteiger partial charge >= 0.3 is 0 Å². The number of hydrogen-bond acceptors (Lipinski definition) is 4. The van der Waals surface area contributed by atoms with Crippen molar-refractivity contribution in [3.63, 3.8) is 0 Å². The fourth-order valence-electron chi connectivity index (χ4n) is 1.73. The predicted molar refractivity (Wildman–Crippen MR) is 71.7 cm³/mol. The highest BCUT2D eigenvalue weighted by Gasteiger charge is 2.07. The molecule has 0 aromatic carbocycles. The van der Waals surface area contributed by atoms with Crippen LogP contribution in [0, 0.1) is 0 Å². The van der Waals surface area contributed by atoms with Gasteiger partial charge < -0.3 is 5.32 Å². The van der Waals surface area contributed by atoms with E-state index in [1.165, 1.54) is 10.9 Å². The van der Waals surface area contributed by atoms with Gasteiger partial charge in [-0.15, -0.1) is 0 Å². The fourth-order valence-corrected chi connectivity index (χ4v) is 1.73. The zero-order valence-electron chi connectivity index (χ0n) is 10.8. The molecule has 0 fully saturated rings. The molecule has 0 radical (unpaired) electrons. The van der Waals surface area contributed by atoms with Gasteiger partial charge in [-0.3, -0.25) is 14.2 Å². The second-order valence-electron chi connectivity index (χ2n) is 4.26. The van der Waals surface area contributed by atoms with Crippen molar-refractivity contribution in [2.75, 3.05) is 6.54 Å². The first-order valence-electron chi connectivity index (χ1n) is 6.29. The summed E-state index contributed by atoms with van der Waals surface area (Å²) in [7, 11) is 0. The molecule has 0 unspecified atom stereocenters. The summed E-state index contributed by atoms with van der Waals surface area (Å²) in [4.78, 5) is 31.8. The van der Waals surface area contributed by atoms with E-state index in [4.69, 9.17) is 0 Å². The number of aromatic nitrogens is 3. The lowest BCUT2D eigenvalue weighted by molar-refractivity contribution is -0.121. The van der Waals surface area contributed by atoms with Crippen LogP contribution in [0.3, 0.4) is 0 Å². The summed E-state index contributed by atoms with van der Waals surface area (Å²) in [5.41, 5.74) is 0.152. The molecule has 1 amide bonds. The van der Waals surface area contributed by atoms with Crippen LogP contribution in [-0.2, 0) is 11.3 Å². The number of nitrogens with one attached hydrogen (secondary N) is 1. The maximum atomic E-state index is 12.1. The molecule has 2 heterocycles. The van der Waals surface area contributed by atoms with Crippen LogP contribution in [0.25, 0.3) is 11.0 Å². The highest BCUT2D eigenvalue weighted by Crippen LogP contribution is 2.00. The van der Waals surface area contributed by atoms with Crippen LogP contribution in [0.2, 0.25) is 0 Å². The first-order chi connectivity index (χ1) is 9.22. The van der Waals surface area contributed by atoms with Gasteiger partial charge in [-0.05, 0) is 18.6 Å². The number of fused-ring (bicyclic) bond motifs is 1. The largest absolute Gasteiger partial charge is 0.355 e. The number of carbonyl (C=O) groups excluding carboxylic acids is 1. The molecule has 6 heteroatoms. The third kappa shape index (κ3) is 3.15. The first-order valence-corrected chi connectivity index (χ1v) is 6.29. The number of hydrogen-bond donors (Lipinski definition) is 1. The van der Waals surface area contributed by atoms with Crippen LogP contribution in [0.5, 0.6) is 0 Å². The second-order valence-corrected chi connectivity index (χ2v) is 4.26. The normalized spacial score (nSPS) is 10.6. The van der Waals surface area contributed by atoms with Gasteiger partial charge in [-0.2, -0.15) is 0 Å². The lowest BCUT2D eigenvalue weighted by Crippen LogP contribution is -2.33. The van der Waals surface area contributed by atoms with Crippen molar-refractivity contribution in [2.24, 2.45) is 0 Å². The summed E-state index contributed by atoms with van der Waals surface area (Å²) in [5.74, 6) is -0.180. The fraction of sp³-hybridized carbons (Fsp3) is 0.385. The molecular formula is C13H16N4O2. The third-order valence-corrected chi connectivity index (χ3v) is 2.76. The highest BCUT2D eigenvalue weighted by molar-refractivity contribution is 5.77. The van der Waals surface area contributed by atoms with Gasteiger partial charge in [0.1, 0.15) is 12.9 Å². The average Bonchev–Trinajstić information content (AvgIpc) is 2.43. The van der Waals surface area contributed by atoms with E-state index in [-0.39, 0.29) is 18.0 Å². The van der Waals surface area contributed by atoms with Crippen molar-refractivity contribution in [3.05, 3.63) is 35.0 Å². The Kier molecular flexibility index (Phi) is 4.22. The summed E-state index contributed by atoms with van der Waals surface area (Å²) in [6.07, 6.45) is 4.89. The number of pyridine rings is 1. The van der Waals surface area contributed by atoms with Gasteiger partial charge in [0.05, 0.1) is 5.39 Å². The summed E-state index contributed by atoms with van der Waals surface area (Å²) >= 11 is 0. The number of rotatable bonds is 5. The lowest BCUT2D eigenvalue weighted by Gasteiger charge is -2.07. The molecule has 0 saturated heterocycles. The highest BCUT2D eigenvalue weighted by atomic mass is 16.2. The Morgan fingerprint density at radius 1 is 1.42 bits per heavy atom. The zero-order chi connectivity index (χ0) is 13.7. The number of unbranched alkanes of at least 4 members (excludes halogenated alkanes) is 1. The van der Waals surface area contributed by atoms with Crippen molar-refractivity contribution >= 4 is 16.9 Å². The SMILES string of the molecule is CCCCNC(=O)Cn1cnc2ncccc2c1=O. The Labute approximate surface area is 110 Å². The standard InChI is InChI=1S/C13H16N4O2/c1-2-3-6-14-11(18)8-17-9-16-12-10(13(17)19)5-4-7-15-12/h4-5,7,9H,2-3,6,8H2,1H3,(H,14,18). The Hall–Kier alpha value is -2.24. The quantitative estimate of drug-likeness (QED) is 0.803. The predicted octanol–water partition coefficient (Wildman–Crippen LogP) is 0.708. The van der Waals surface area contributed by atoms with Gasteiger partial charge in [0.15, 0.2) is 5.65 Å². The molecule has 0 saturated carbocycles. The number of nitrogens with zero attached hydrogens (tertiary/aromatic N) is 3. The monoisotopic (exact) mass is 260 g/mol. The maximum absolute atomic E-state index is 12.1. The van der Waals surface area contributed by atoms with E-state index >= 15 is 0 Å². The zero-order valence-corrected chi connectivity index (χ0v) is 10.8. The van der Waals surface area contributed by atoms with E-state index in [1.54, 1.807) is 18.3 Å². The van der Waals surface area contributed by atoms with E-state index < -0.39 is 0 Å². The van der Waals surface area contributed by atoms with Crippen LogP contribution >= 0.6 is 0 Å². The summed E-state index contributed by atoms with van der Waals surface area (Å²) in [6.45, 7) is 2.67. The van der Waals surface area contributed by atoms with Gasteiger partial charge in [-0.1, -0.05) is 13.3 Å². The molecule has 0 atom stereocenters. The molecule has 2 aromatic heterocycles. The number of carbonyl (C=O) groups is 1. The van der Waals surface area contributed by atoms with Crippen molar-refractivity contribution in [2.45, 2.75) is 26.3 Å². The molecule has 6 nitrogen and oxygen atoms in total. The summed E-state index contributed by atoms with van der Waals surface area (Å²) in [5, 5.41) is 3.19. The van der Waals surface area contributed by atoms with Crippen LogP contribution in [-0.4, -0.2) is 27.0 Å². The van der Waals surface area contributed by atoms with Gasteiger partial charge in [0.2, 0.25) is 5.91 Å². The molecule has 0 bridgehead atoms. The van der Waals surface area contributed by atoms with Crippen LogP contribution in [0.15, 0.2) is 29.5 Å². The van der Waals surface area contributed by atoms with Crippen molar-refractivity contribution in [1.29, 1.82) is 0 Å². The smallest absolute Gasteiger partial charge is 0.263 e. The van der Waals surface area contributed by atoms with Crippen LogP contribution in [0.1, 0.15) is 19.8 Å². The van der Waals surface area contributed by atoms with E-state index in [9.17, 15) is 9.59 Å². The molecule has 2 rings (SSSR count). The minimum atomic E-state index is -0.247. The molecule has 100 valence electrons. The molecule has 0 aliphatic rings. The molecule has 0 spiro atoms. The first kappa shape index (κ1) is 13.2. The molecule has 2 aromatic rings. The van der Waals surface area contributed by atoms with Crippen LogP contribution in [0.4, 0.5) is 0 Å². The van der Waals surface area contributed by atoms with Crippen molar-refractivity contribution < 1.29 is 4.79 Å². The van der Waals surface area contributed by atoms with Gasteiger partial charge in [0, 0.05) is 12.7 Å². The summed E-state index contributed by atoms with van der Waals surface area (Å²) in [6, 6.07) is 3.33. The Balaban J connectivity index is 2.15. The van der Waals surface area contributed by atoms with E-state index in [1.807, 2.05) is 0 Å². The minimum absolute atomic E-state index is 0.0135. The molecule has 0 aliphatic carbocycles. The van der Waals surface area contributed by atoms with E-state index in [0.717, 1.165) is 12.8 Å². The maximum Gasteiger partial charge on any atom is 0.263 e. The van der Waals surface area contributed by atoms with Gasteiger partial charge in [-0.25, -0.2) is 9.97 Å². The molecule has 0 aliphatic heterocycles. The number of amides is 1. The van der Waals surface area contributed by atoms with E-state index in [2.05, 4.69) is 22.2 Å². The molecular weight excluding hydrogens is 244 g/mol. The lowest BCUT2D eigenvalue weighted by atomic mass is 10.3. The second kappa shape index (κ2) is 6.08. The van der Waals surface area contributed by atoms with Crippen molar-refractivity contribution in [3.8, 4) is 0 Å². The van der Waals surface area contributed by atoms with Crippen LogP contribution < -0.4 is 10.9 Å². The molecule has 19 heavy (non-hydrogen) atoms.